The van der Waals surface area contributed by atoms with E-state index in [4.69, 9.17) is 28.4 Å². The Hall–Kier alpha value is -1.47. The minimum atomic E-state index is -1.69. The van der Waals surface area contributed by atoms with Crippen LogP contribution in [-0.4, -0.2) is 191 Å². The molecule has 0 aromatic rings. The van der Waals surface area contributed by atoms with Gasteiger partial charge in [-0.25, -0.2) is 4.79 Å². The molecule has 19 nitrogen and oxygen atoms in total. The van der Waals surface area contributed by atoms with Crippen LogP contribution in [0.4, 0.5) is 0 Å². The number of aliphatic hydroxyl groups excluding tert-OH is 12. The SMILES string of the molecule is C/C(=C\CC[C@@H](C)[C@H]1CC(O)[C@@]2(C)C3CC[C@H]4C(C)(C)[C@@H](O[C@@H]5OC(COC6OC(CO)C(O)C(O)C6O)C(O)C(O)C5O)CC[C@@]45C[C@@]35CC(O)[C@]12C)C(=O)OC1OC(CO)C(O)C1O. The zero-order valence-corrected chi connectivity index (χ0v) is 38.9. The van der Waals surface area contributed by atoms with Gasteiger partial charge in [0, 0.05) is 16.4 Å². The fraction of sp³-hybridized carbons (Fsp3) is 0.936. The van der Waals surface area contributed by atoms with Crippen molar-refractivity contribution in [1.82, 2.24) is 0 Å². The van der Waals surface area contributed by atoms with E-state index in [1.165, 1.54) is 0 Å². The fourth-order valence-electron chi connectivity index (χ4n) is 15.3. The molecule has 16 unspecified atom stereocenters. The molecule has 19 heteroatoms. The second-order valence-electron chi connectivity index (χ2n) is 22.4. The summed E-state index contributed by atoms with van der Waals surface area (Å²) in [4.78, 5) is 12.9. The van der Waals surface area contributed by atoms with Crippen LogP contribution in [0.15, 0.2) is 11.6 Å². The molecule has 378 valence electrons. The molecule has 25 atom stereocenters. The summed E-state index contributed by atoms with van der Waals surface area (Å²) in [5, 5.41) is 128. The molecule has 8 rings (SSSR count). The van der Waals surface area contributed by atoms with Gasteiger partial charge in [0.05, 0.1) is 38.1 Å². The maximum absolute atomic E-state index is 12.9. The lowest BCUT2D eigenvalue weighted by Gasteiger charge is -2.65. The van der Waals surface area contributed by atoms with Crippen LogP contribution in [0.2, 0.25) is 0 Å². The van der Waals surface area contributed by atoms with Crippen molar-refractivity contribution in [2.75, 3.05) is 19.8 Å². The minimum absolute atomic E-state index is 0.000304. The van der Waals surface area contributed by atoms with Crippen LogP contribution in [0.25, 0.3) is 0 Å². The van der Waals surface area contributed by atoms with Crippen LogP contribution in [0, 0.1) is 50.7 Å². The number of aliphatic hydroxyl groups is 12. The van der Waals surface area contributed by atoms with E-state index >= 15 is 0 Å². The van der Waals surface area contributed by atoms with Crippen molar-refractivity contribution in [1.29, 1.82) is 0 Å². The maximum atomic E-state index is 12.9. The van der Waals surface area contributed by atoms with E-state index in [0.29, 0.717) is 37.7 Å². The molecular formula is C47H76O19. The average Bonchev–Trinajstić information content (AvgIpc) is 3.78. The lowest BCUT2D eigenvalue weighted by atomic mass is 9.40. The number of rotatable bonds is 13. The van der Waals surface area contributed by atoms with Gasteiger partial charge in [0.15, 0.2) is 12.6 Å². The quantitative estimate of drug-likeness (QED) is 0.0581. The number of carbonyl (C=O) groups excluding carboxylic acids is 1. The second-order valence-corrected chi connectivity index (χ2v) is 22.4. The largest absolute Gasteiger partial charge is 0.429 e. The number of esters is 1. The van der Waals surface area contributed by atoms with Crippen molar-refractivity contribution >= 4 is 5.97 Å². The molecule has 0 aromatic carbocycles. The van der Waals surface area contributed by atoms with E-state index in [0.717, 1.165) is 25.7 Å². The fourth-order valence-corrected chi connectivity index (χ4v) is 15.3. The van der Waals surface area contributed by atoms with E-state index in [-0.39, 0.29) is 34.5 Å². The molecule has 5 aliphatic carbocycles. The summed E-state index contributed by atoms with van der Waals surface area (Å²) < 4.78 is 34.3. The Morgan fingerprint density at radius 1 is 0.682 bits per heavy atom. The third-order valence-corrected chi connectivity index (χ3v) is 19.3. The summed E-state index contributed by atoms with van der Waals surface area (Å²) in [6.45, 7) is 10.8. The molecule has 0 bridgehead atoms. The zero-order valence-electron chi connectivity index (χ0n) is 38.9. The highest BCUT2D eigenvalue weighted by atomic mass is 16.7. The Labute approximate surface area is 385 Å². The Kier molecular flexibility index (Phi) is 14.1. The highest BCUT2D eigenvalue weighted by Gasteiger charge is 2.85. The summed E-state index contributed by atoms with van der Waals surface area (Å²) in [6.07, 6.45) is -14.1. The average molecular weight is 945 g/mol. The van der Waals surface area contributed by atoms with Gasteiger partial charge in [-0.2, -0.15) is 0 Å². The Morgan fingerprint density at radius 3 is 1.89 bits per heavy atom. The summed E-state index contributed by atoms with van der Waals surface area (Å²) in [5.74, 6) is -0.290. The van der Waals surface area contributed by atoms with Gasteiger partial charge in [0.1, 0.15) is 67.1 Å². The molecule has 3 saturated heterocycles. The number of hydrogen-bond acceptors (Lipinski definition) is 19. The number of allylic oxidation sites excluding steroid dienone is 1. The lowest BCUT2D eigenvalue weighted by Crippen LogP contribution is -2.65. The van der Waals surface area contributed by atoms with Gasteiger partial charge in [-0.15, -0.1) is 0 Å². The van der Waals surface area contributed by atoms with Crippen LogP contribution in [-0.2, 0) is 33.2 Å². The van der Waals surface area contributed by atoms with Crippen molar-refractivity contribution in [2.24, 2.45) is 50.7 Å². The first-order chi connectivity index (χ1) is 31.0. The Balaban J connectivity index is 0.911. The van der Waals surface area contributed by atoms with E-state index in [1.807, 2.05) is 0 Å². The highest BCUT2D eigenvalue weighted by Crippen LogP contribution is 2.89. The Morgan fingerprint density at radius 2 is 1.24 bits per heavy atom. The van der Waals surface area contributed by atoms with Crippen LogP contribution >= 0.6 is 0 Å². The predicted octanol–water partition coefficient (Wildman–Crippen LogP) is -1.28. The van der Waals surface area contributed by atoms with E-state index < -0.39 is 146 Å². The normalized spacial score (nSPS) is 53.6. The second kappa shape index (κ2) is 18.3. The van der Waals surface area contributed by atoms with Crippen molar-refractivity contribution in [3.8, 4) is 0 Å². The molecule has 8 aliphatic rings. The van der Waals surface area contributed by atoms with Gasteiger partial charge in [0.25, 0.3) is 0 Å². The summed E-state index contributed by atoms with van der Waals surface area (Å²) in [7, 11) is 0. The number of hydrogen-bond donors (Lipinski definition) is 12. The molecule has 66 heavy (non-hydrogen) atoms. The maximum Gasteiger partial charge on any atom is 0.335 e. The van der Waals surface area contributed by atoms with Crippen molar-refractivity contribution in [3.63, 3.8) is 0 Å². The van der Waals surface area contributed by atoms with Crippen LogP contribution < -0.4 is 0 Å². The van der Waals surface area contributed by atoms with Crippen molar-refractivity contribution < 1.29 is 94.5 Å². The number of ether oxygens (including phenoxy) is 6. The summed E-state index contributed by atoms with van der Waals surface area (Å²) in [6, 6.07) is 0. The van der Waals surface area contributed by atoms with Gasteiger partial charge < -0.3 is 89.7 Å². The molecule has 2 spiro atoms. The minimum Gasteiger partial charge on any atom is -0.429 e. The smallest absolute Gasteiger partial charge is 0.335 e. The Bertz CT molecular complexity index is 1780. The molecule has 0 radical (unpaired) electrons. The predicted molar refractivity (Wildman–Crippen MR) is 227 cm³/mol. The van der Waals surface area contributed by atoms with Gasteiger partial charge >= 0.3 is 5.97 Å². The summed E-state index contributed by atoms with van der Waals surface area (Å²) >= 11 is 0. The molecule has 5 saturated carbocycles. The molecule has 0 amide bonds. The first kappa shape index (κ1) is 50.9. The van der Waals surface area contributed by atoms with Gasteiger partial charge in [0.2, 0.25) is 6.29 Å². The third kappa shape index (κ3) is 7.68. The van der Waals surface area contributed by atoms with Gasteiger partial charge in [-0.1, -0.05) is 40.7 Å². The lowest BCUT2D eigenvalue weighted by molar-refractivity contribution is -0.343. The molecule has 0 aromatic heterocycles. The highest BCUT2D eigenvalue weighted by molar-refractivity contribution is 5.87. The van der Waals surface area contributed by atoms with E-state index in [2.05, 4.69) is 34.6 Å². The topological polar surface area (TPSA) is 315 Å². The molecular weight excluding hydrogens is 868 g/mol. The van der Waals surface area contributed by atoms with Crippen LogP contribution in [0.5, 0.6) is 0 Å². The summed E-state index contributed by atoms with van der Waals surface area (Å²) in [5.41, 5.74) is -1.61. The van der Waals surface area contributed by atoms with Crippen molar-refractivity contribution in [2.45, 2.75) is 204 Å². The van der Waals surface area contributed by atoms with Crippen LogP contribution in [0.3, 0.4) is 0 Å². The number of carbonyl (C=O) groups is 1. The molecule has 8 fully saturated rings. The first-order valence-corrected chi connectivity index (χ1v) is 24.1. The first-order valence-electron chi connectivity index (χ1n) is 24.1. The van der Waals surface area contributed by atoms with Crippen molar-refractivity contribution in [3.05, 3.63) is 11.6 Å². The van der Waals surface area contributed by atoms with E-state index in [1.54, 1.807) is 13.0 Å². The van der Waals surface area contributed by atoms with Crippen LogP contribution in [0.1, 0.15) is 99.3 Å². The molecule has 12 N–H and O–H groups in total. The standard InChI is InChI=1S/C47H76O19/c1-20(8-7-9-21(2)39(60)66-42-36(57)32(53)24(17-49)63-42)22-14-28(50)45(6)27-11-10-26-43(3,4)30(12-13-46(26)19-47(27,46)15-29(51)44(22,45)5)65-41-38(59)35(56)33(54)25(64-41)18-61-40-37(58)34(55)31(52)23(16-48)62-40/h9,20,22-38,40-42,48-59H,7-8,10-19H2,1-6H3/b21-9+/t20-,22-,23?,24?,25?,26+,27?,28?,29?,30+,31?,32?,33?,34?,35?,36?,37?,38?,40?,41+,42?,44+,45-,46-,47+/m1/s1. The number of fused-ring (bicyclic) bond motifs is 2. The van der Waals surface area contributed by atoms with Gasteiger partial charge in [-0.3, -0.25) is 0 Å². The van der Waals surface area contributed by atoms with E-state index in [9.17, 15) is 66.1 Å². The van der Waals surface area contributed by atoms with Gasteiger partial charge in [-0.05, 0) is 105 Å². The molecule has 3 heterocycles. The molecule has 3 aliphatic heterocycles. The third-order valence-electron chi connectivity index (χ3n) is 19.3. The monoisotopic (exact) mass is 944 g/mol. The zero-order chi connectivity index (χ0) is 48.2.